The molecule has 0 saturated heterocycles. The van der Waals surface area contributed by atoms with Crippen LogP contribution in [-0.2, 0) is 24.2 Å². The van der Waals surface area contributed by atoms with Crippen molar-refractivity contribution in [1.82, 2.24) is 4.90 Å². The number of benzene rings is 1. The number of rotatable bonds is 4. The second-order valence-corrected chi connectivity index (χ2v) is 7.93. The van der Waals surface area contributed by atoms with E-state index in [-0.39, 0.29) is 5.91 Å². The maximum atomic E-state index is 13.0. The molecule has 0 aliphatic carbocycles. The second-order valence-electron chi connectivity index (χ2n) is 6.73. The van der Waals surface area contributed by atoms with E-state index in [9.17, 15) is 9.59 Å². The maximum Gasteiger partial charge on any atom is 0.228 e. The smallest absolute Gasteiger partial charge is 0.228 e. The zero-order valence-electron chi connectivity index (χ0n) is 13.5. The lowest BCUT2D eigenvalue weighted by atomic mass is 9.86. The highest BCUT2D eigenvalue weighted by atomic mass is 32.1. The number of hydrogen-bond donors (Lipinski definition) is 0. The number of carbonyl (C=O) groups is 2. The number of fused-ring (bicyclic) bond motifs is 1. The summed E-state index contributed by atoms with van der Waals surface area (Å²) < 4.78 is 0. The molecule has 3 rings (SSSR count). The lowest BCUT2D eigenvalue weighted by Crippen LogP contribution is -2.44. The molecule has 0 radical (unpaired) electrons. The zero-order chi connectivity index (χ0) is 16.4. The average molecular weight is 327 g/mol. The van der Waals surface area contributed by atoms with Gasteiger partial charge in [0, 0.05) is 23.4 Å². The van der Waals surface area contributed by atoms with E-state index >= 15 is 0 Å². The third-order valence-electron chi connectivity index (χ3n) is 4.41. The SMILES string of the molecule is CC(C)(Cc1ccc(C=O)s1)C(=O)N1CCc2ccccc2C1. The van der Waals surface area contributed by atoms with Crippen LogP contribution in [0.5, 0.6) is 0 Å². The summed E-state index contributed by atoms with van der Waals surface area (Å²) in [6.07, 6.45) is 2.46. The van der Waals surface area contributed by atoms with E-state index in [1.807, 2.05) is 36.9 Å². The molecule has 23 heavy (non-hydrogen) atoms. The van der Waals surface area contributed by atoms with Gasteiger partial charge in [-0.3, -0.25) is 9.59 Å². The number of thiophene rings is 1. The van der Waals surface area contributed by atoms with Gasteiger partial charge in [-0.2, -0.15) is 0 Å². The Labute approximate surface area is 140 Å². The highest BCUT2D eigenvalue weighted by Gasteiger charge is 2.34. The predicted molar refractivity (Wildman–Crippen MR) is 92.8 cm³/mol. The fourth-order valence-electron chi connectivity index (χ4n) is 3.16. The van der Waals surface area contributed by atoms with Crippen molar-refractivity contribution >= 4 is 23.5 Å². The topological polar surface area (TPSA) is 37.4 Å². The van der Waals surface area contributed by atoms with E-state index in [0.29, 0.717) is 13.0 Å². The van der Waals surface area contributed by atoms with Gasteiger partial charge in [-0.05, 0) is 36.1 Å². The van der Waals surface area contributed by atoms with Crippen molar-refractivity contribution in [3.05, 3.63) is 57.3 Å². The summed E-state index contributed by atoms with van der Waals surface area (Å²) in [7, 11) is 0. The van der Waals surface area contributed by atoms with Crippen LogP contribution in [0.25, 0.3) is 0 Å². The van der Waals surface area contributed by atoms with Crippen molar-refractivity contribution in [2.45, 2.75) is 33.2 Å². The first-order valence-corrected chi connectivity index (χ1v) is 8.71. The van der Waals surface area contributed by atoms with Gasteiger partial charge >= 0.3 is 0 Å². The van der Waals surface area contributed by atoms with Crippen molar-refractivity contribution in [1.29, 1.82) is 0 Å². The Morgan fingerprint density at radius 3 is 2.65 bits per heavy atom. The molecular formula is C19H21NO2S. The van der Waals surface area contributed by atoms with Crippen LogP contribution in [-0.4, -0.2) is 23.6 Å². The lowest BCUT2D eigenvalue weighted by molar-refractivity contribution is -0.141. The second kappa shape index (κ2) is 6.28. The minimum absolute atomic E-state index is 0.188. The van der Waals surface area contributed by atoms with Gasteiger partial charge in [0.1, 0.15) is 0 Å². The molecule has 2 aromatic rings. The molecule has 2 heterocycles. The molecule has 0 atom stereocenters. The number of nitrogens with zero attached hydrogens (tertiary/aromatic N) is 1. The van der Waals surface area contributed by atoms with Crippen molar-refractivity contribution in [3.8, 4) is 0 Å². The van der Waals surface area contributed by atoms with Crippen LogP contribution in [0.1, 0.15) is 39.5 Å². The first kappa shape index (κ1) is 15.9. The highest BCUT2D eigenvalue weighted by Crippen LogP contribution is 2.30. The van der Waals surface area contributed by atoms with E-state index in [0.717, 1.165) is 29.0 Å². The standard InChI is InChI=1S/C19H21NO2S/c1-19(2,11-16-7-8-17(13-21)23-16)18(22)20-10-9-14-5-3-4-6-15(14)12-20/h3-8,13H,9-12H2,1-2H3. The predicted octanol–water partition coefficient (Wildman–Crippen LogP) is 3.71. The lowest BCUT2D eigenvalue weighted by Gasteiger charge is -2.35. The molecular weight excluding hydrogens is 306 g/mol. The minimum Gasteiger partial charge on any atom is -0.338 e. The molecule has 1 aliphatic heterocycles. The molecule has 0 bridgehead atoms. The Balaban J connectivity index is 1.72. The molecule has 120 valence electrons. The van der Waals surface area contributed by atoms with E-state index in [4.69, 9.17) is 0 Å². The summed E-state index contributed by atoms with van der Waals surface area (Å²) in [6, 6.07) is 12.1. The molecule has 1 amide bonds. The van der Waals surface area contributed by atoms with Gasteiger partial charge in [-0.1, -0.05) is 38.1 Å². The van der Waals surface area contributed by atoms with E-state index in [1.54, 1.807) is 0 Å². The Bertz CT molecular complexity index is 732. The number of amides is 1. The minimum atomic E-state index is -0.461. The van der Waals surface area contributed by atoms with Gasteiger partial charge in [-0.15, -0.1) is 11.3 Å². The third-order valence-corrected chi connectivity index (χ3v) is 5.42. The van der Waals surface area contributed by atoms with E-state index in [1.165, 1.54) is 22.5 Å². The molecule has 0 fully saturated rings. The fraction of sp³-hybridized carbons (Fsp3) is 0.368. The Morgan fingerprint density at radius 1 is 1.22 bits per heavy atom. The van der Waals surface area contributed by atoms with Crippen molar-refractivity contribution in [2.24, 2.45) is 5.41 Å². The van der Waals surface area contributed by atoms with Crippen LogP contribution in [0, 0.1) is 5.41 Å². The van der Waals surface area contributed by atoms with Gasteiger partial charge in [0.05, 0.1) is 4.88 Å². The van der Waals surface area contributed by atoms with Crippen LogP contribution in [0.4, 0.5) is 0 Å². The molecule has 3 nitrogen and oxygen atoms in total. The molecule has 0 unspecified atom stereocenters. The van der Waals surface area contributed by atoms with Gasteiger partial charge in [0.2, 0.25) is 5.91 Å². The first-order chi connectivity index (χ1) is 11.0. The van der Waals surface area contributed by atoms with Gasteiger partial charge < -0.3 is 4.90 Å². The molecule has 4 heteroatoms. The Morgan fingerprint density at radius 2 is 1.96 bits per heavy atom. The van der Waals surface area contributed by atoms with Crippen molar-refractivity contribution in [2.75, 3.05) is 6.54 Å². The fourth-order valence-corrected chi connectivity index (χ4v) is 4.22. The summed E-state index contributed by atoms with van der Waals surface area (Å²) in [5.41, 5.74) is 2.14. The van der Waals surface area contributed by atoms with Crippen LogP contribution >= 0.6 is 11.3 Å². The number of aldehydes is 1. The summed E-state index contributed by atoms with van der Waals surface area (Å²) >= 11 is 1.47. The summed E-state index contributed by atoms with van der Waals surface area (Å²) in [5, 5.41) is 0. The van der Waals surface area contributed by atoms with Crippen LogP contribution in [0.15, 0.2) is 36.4 Å². The van der Waals surface area contributed by atoms with E-state index in [2.05, 4.69) is 18.2 Å². The van der Waals surface area contributed by atoms with E-state index < -0.39 is 5.41 Å². The van der Waals surface area contributed by atoms with Crippen LogP contribution < -0.4 is 0 Å². The largest absolute Gasteiger partial charge is 0.338 e. The summed E-state index contributed by atoms with van der Waals surface area (Å²) in [5.74, 6) is 0.188. The van der Waals surface area contributed by atoms with Crippen LogP contribution in [0.3, 0.4) is 0 Å². The quantitative estimate of drug-likeness (QED) is 0.803. The molecule has 1 aliphatic rings. The Hall–Kier alpha value is -1.94. The molecule has 1 aromatic carbocycles. The van der Waals surface area contributed by atoms with Crippen LogP contribution in [0.2, 0.25) is 0 Å². The molecule has 0 spiro atoms. The zero-order valence-corrected chi connectivity index (χ0v) is 14.4. The third kappa shape index (κ3) is 3.37. The monoisotopic (exact) mass is 327 g/mol. The highest BCUT2D eigenvalue weighted by molar-refractivity contribution is 7.13. The van der Waals surface area contributed by atoms with Crippen molar-refractivity contribution in [3.63, 3.8) is 0 Å². The molecule has 0 N–H and O–H groups in total. The maximum absolute atomic E-state index is 13.0. The summed E-state index contributed by atoms with van der Waals surface area (Å²) in [6.45, 7) is 5.47. The Kier molecular flexibility index (Phi) is 4.35. The normalized spacial score (nSPS) is 14.4. The summed E-state index contributed by atoms with van der Waals surface area (Å²) in [4.78, 5) is 27.6. The average Bonchev–Trinajstić information content (AvgIpc) is 3.00. The molecule has 1 aromatic heterocycles. The van der Waals surface area contributed by atoms with Crippen molar-refractivity contribution < 1.29 is 9.59 Å². The van der Waals surface area contributed by atoms with Gasteiger partial charge in [0.15, 0.2) is 6.29 Å². The number of carbonyl (C=O) groups excluding carboxylic acids is 2. The first-order valence-electron chi connectivity index (χ1n) is 7.90. The number of hydrogen-bond acceptors (Lipinski definition) is 3. The van der Waals surface area contributed by atoms with Gasteiger partial charge in [-0.25, -0.2) is 0 Å². The van der Waals surface area contributed by atoms with Gasteiger partial charge in [0.25, 0.3) is 0 Å². The molecule has 0 saturated carbocycles.